The molecule has 5 rings (SSSR count). The molecule has 0 atom stereocenters. The molecule has 2 aromatic heterocycles. The Morgan fingerprint density at radius 1 is 1.16 bits per heavy atom. The molecule has 0 spiro atoms. The van der Waals surface area contributed by atoms with Gasteiger partial charge in [0.2, 0.25) is 0 Å². The zero-order chi connectivity index (χ0) is 21.4. The molecular weight excluding hydrogens is 412 g/mol. The lowest BCUT2D eigenvalue weighted by Crippen LogP contribution is -2.20. The van der Waals surface area contributed by atoms with Crippen LogP contribution in [0, 0.1) is 6.92 Å². The van der Waals surface area contributed by atoms with Gasteiger partial charge >= 0.3 is 5.63 Å². The number of aryl methyl sites for hydroxylation is 2. The fraction of sp³-hybridized carbons (Fsp3) is 0.208. The summed E-state index contributed by atoms with van der Waals surface area (Å²) in [6.45, 7) is 1.81. The summed E-state index contributed by atoms with van der Waals surface area (Å²) in [6.07, 6.45) is 2.63. The molecule has 2 aromatic carbocycles. The summed E-state index contributed by atoms with van der Waals surface area (Å²) in [6, 6.07) is 15.2. The van der Waals surface area contributed by atoms with Crippen molar-refractivity contribution in [3.8, 4) is 17.0 Å². The Kier molecular flexibility index (Phi) is 5.03. The van der Waals surface area contributed by atoms with E-state index in [1.165, 1.54) is 11.3 Å². The molecular formula is C24H20N2O4S. The van der Waals surface area contributed by atoms with Gasteiger partial charge in [0.05, 0.1) is 5.69 Å². The van der Waals surface area contributed by atoms with Crippen molar-refractivity contribution in [1.29, 1.82) is 0 Å². The number of ether oxygens (including phenoxy) is 1. The molecule has 31 heavy (non-hydrogen) atoms. The first-order valence-corrected chi connectivity index (χ1v) is 10.9. The zero-order valence-corrected chi connectivity index (χ0v) is 17.8. The van der Waals surface area contributed by atoms with Gasteiger partial charge in [-0.15, -0.1) is 11.3 Å². The lowest BCUT2D eigenvalue weighted by molar-refractivity contribution is -0.118. The van der Waals surface area contributed by atoms with Gasteiger partial charge in [-0.25, -0.2) is 9.78 Å². The maximum atomic E-state index is 12.4. The molecule has 0 saturated carbocycles. The van der Waals surface area contributed by atoms with E-state index in [0.717, 1.165) is 51.9 Å². The maximum absolute atomic E-state index is 12.4. The number of nitrogens with zero attached hydrogens (tertiary/aromatic N) is 1. The minimum atomic E-state index is -0.302. The van der Waals surface area contributed by atoms with Crippen LogP contribution in [0.15, 0.2) is 57.7 Å². The van der Waals surface area contributed by atoms with E-state index in [4.69, 9.17) is 9.15 Å². The summed E-state index contributed by atoms with van der Waals surface area (Å²) in [5, 5.41) is 4.27. The monoisotopic (exact) mass is 432 g/mol. The van der Waals surface area contributed by atoms with E-state index in [9.17, 15) is 9.59 Å². The van der Waals surface area contributed by atoms with Crippen LogP contribution in [0.4, 0.5) is 5.13 Å². The Balaban J connectivity index is 1.27. The fourth-order valence-electron chi connectivity index (χ4n) is 3.97. The van der Waals surface area contributed by atoms with E-state index < -0.39 is 0 Å². The largest absolute Gasteiger partial charge is 0.484 e. The number of anilines is 1. The van der Waals surface area contributed by atoms with E-state index in [-0.39, 0.29) is 18.1 Å². The molecule has 0 aliphatic heterocycles. The van der Waals surface area contributed by atoms with Gasteiger partial charge in [-0.1, -0.05) is 30.3 Å². The fourth-order valence-corrected chi connectivity index (χ4v) is 4.82. The Hall–Kier alpha value is -3.45. The van der Waals surface area contributed by atoms with Crippen LogP contribution in [-0.4, -0.2) is 17.5 Å². The van der Waals surface area contributed by atoms with Crippen LogP contribution in [0.2, 0.25) is 0 Å². The van der Waals surface area contributed by atoms with E-state index >= 15 is 0 Å². The van der Waals surface area contributed by atoms with Gasteiger partial charge in [0.1, 0.15) is 11.3 Å². The van der Waals surface area contributed by atoms with Gasteiger partial charge < -0.3 is 9.15 Å². The predicted octanol–water partition coefficient (Wildman–Crippen LogP) is 4.73. The number of carbonyl (C=O) groups is 1. The van der Waals surface area contributed by atoms with Crippen molar-refractivity contribution in [3.05, 3.63) is 75.0 Å². The van der Waals surface area contributed by atoms with Crippen molar-refractivity contribution in [3.63, 3.8) is 0 Å². The summed E-state index contributed by atoms with van der Waals surface area (Å²) in [5.74, 6) is 0.174. The molecule has 7 heteroatoms. The van der Waals surface area contributed by atoms with Gasteiger partial charge in [-0.2, -0.15) is 0 Å². The molecule has 1 aliphatic rings. The third kappa shape index (κ3) is 3.84. The Morgan fingerprint density at radius 2 is 1.97 bits per heavy atom. The maximum Gasteiger partial charge on any atom is 0.339 e. The normalized spacial score (nSPS) is 12.7. The van der Waals surface area contributed by atoms with Gasteiger partial charge in [-0.05, 0) is 43.9 Å². The topological polar surface area (TPSA) is 81.4 Å². The van der Waals surface area contributed by atoms with Crippen molar-refractivity contribution in [2.24, 2.45) is 0 Å². The van der Waals surface area contributed by atoms with Crippen molar-refractivity contribution in [2.45, 2.75) is 26.2 Å². The highest BCUT2D eigenvalue weighted by molar-refractivity contribution is 7.16. The summed E-state index contributed by atoms with van der Waals surface area (Å²) < 4.78 is 11.1. The number of hydrogen-bond donors (Lipinski definition) is 1. The highest BCUT2D eigenvalue weighted by atomic mass is 32.1. The Labute approximate surface area is 182 Å². The quantitative estimate of drug-likeness (QED) is 0.461. The number of rotatable bonds is 5. The molecule has 0 bridgehead atoms. The van der Waals surface area contributed by atoms with Gasteiger partial charge in [0.15, 0.2) is 11.7 Å². The lowest BCUT2D eigenvalue weighted by atomic mass is 10.1. The number of thiazole rings is 1. The SMILES string of the molecule is Cc1sc(NC(=O)COc2ccc3c4c(c(=O)oc3c2)CCC4)nc1-c1ccccc1. The van der Waals surface area contributed by atoms with Gasteiger partial charge in [-0.3, -0.25) is 10.1 Å². The molecule has 0 radical (unpaired) electrons. The molecule has 2 heterocycles. The first kappa shape index (κ1) is 19.5. The molecule has 0 saturated heterocycles. The van der Waals surface area contributed by atoms with Gasteiger partial charge in [0.25, 0.3) is 5.91 Å². The number of hydrogen-bond acceptors (Lipinski definition) is 6. The third-order valence-corrected chi connectivity index (χ3v) is 6.29. The van der Waals surface area contributed by atoms with Crippen molar-refractivity contribution < 1.29 is 13.9 Å². The molecule has 4 aromatic rings. The Bertz CT molecular complexity index is 1340. The molecule has 156 valence electrons. The number of benzene rings is 2. The number of nitrogens with one attached hydrogen (secondary N) is 1. The van der Waals surface area contributed by atoms with Crippen molar-refractivity contribution in [1.82, 2.24) is 4.98 Å². The lowest BCUT2D eigenvalue weighted by Gasteiger charge is -2.08. The first-order chi connectivity index (χ1) is 15.1. The van der Waals surface area contributed by atoms with Crippen LogP contribution in [0.25, 0.3) is 22.2 Å². The minimum absolute atomic E-state index is 0.167. The minimum Gasteiger partial charge on any atom is -0.484 e. The second-order valence-electron chi connectivity index (χ2n) is 7.48. The number of carbonyl (C=O) groups excluding carboxylic acids is 1. The predicted molar refractivity (Wildman–Crippen MR) is 121 cm³/mol. The van der Waals surface area contributed by atoms with Crippen molar-refractivity contribution in [2.75, 3.05) is 11.9 Å². The van der Waals surface area contributed by atoms with E-state index in [0.29, 0.717) is 16.5 Å². The molecule has 1 N–H and O–H groups in total. The summed E-state index contributed by atoms with van der Waals surface area (Å²) >= 11 is 1.43. The number of aromatic nitrogens is 1. The van der Waals surface area contributed by atoms with Crippen molar-refractivity contribution >= 4 is 33.3 Å². The first-order valence-electron chi connectivity index (χ1n) is 10.1. The zero-order valence-electron chi connectivity index (χ0n) is 16.9. The van der Waals surface area contributed by atoms with Crippen LogP contribution < -0.4 is 15.7 Å². The van der Waals surface area contributed by atoms with E-state index in [1.807, 2.05) is 43.3 Å². The molecule has 0 fully saturated rings. The molecule has 6 nitrogen and oxygen atoms in total. The summed E-state index contributed by atoms with van der Waals surface area (Å²) in [5.41, 5.74) is 3.95. The van der Waals surface area contributed by atoms with Crippen LogP contribution in [-0.2, 0) is 17.6 Å². The third-order valence-electron chi connectivity index (χ3n) is 5.41. The highest BCUT2D eigenvalue weighted by Crippen LogP contribution is 2.31. The molecule has 1 amide bonds. The van der Waals surface area contributed by atoms with E-state index in [1.54, 1.807) is 12.1 Å². The second kappa shape index (κ2) is 8.00. The average Bonchev–Trinajstić information content (AvgIpc) is 3.40. The standard InChI is InChI=1S/C24H20N2O4S/c1-14-22(15-6-3-2-4-7-15)26-24(31-14)25-21(27)13-29-16-10-11-18-17-8-5-9-19(17)23(28)30-20(18)12-16/h2-4,6-7,10-12H,5,8-9,13H2,1H3,(H,25,26,27). The Morgan fingerprint density at radius 3 is 2.81 bits per heavy atom. The molecule has 1 aliphatic carbocycles. The van der Waals surface area contributed by atoms with Crippen LogP contribution in [0.1, 0.15) is 22.4 Å². The summed E-state index contributed by atoms with van der Waals surface area (Å²) in [7, 11) is 0. The van der Waals surface area contributed by atoms with Gasteiger partial charge in [0, 0.05) is 27.5 Å². The van der Waals surface area contributed by atoms with Crippen LogP contribution >= 0.6 is 11.3 Å². The second-order valence-corrected chi connectivity index (χ2v) is 8.69. The van der Waals surface area contributed by atoms with E-state index in [2.05, 4.69) is 10.3 Å². The summed E-state index contributed by atoms with van der Waals surface area (Å²) in [4.78, 5) is 30.1. The van der Waals surface area contributed by atoms with Crippen LogP contribution in [0.5, 0.6) is 5.75 Å². The van der Waals surface area contributed by atoms with Crippen LogP contribution in [0.3, 0.4) is 0 Å². The molecule has 0 unspecified atom stereocenters. The average molecular weight is 433 g/mol. The smallest absolute Gasteiger partial charge is 0.339 e. The number of amides is 1. The highest BCUT2D eigenvalue weighted by Gasteiger charge is 2.20. The number of fused-ring (bicyclic) bond motifs is 3.